The number of hydrogen-bond acceptors (Lipinski definition) is 2. The molecule has 2 aromatic rings. The first-order chi connectivity index (χ1) is 10.3. The fourth-order valence-electron chi connectivity index (χ4n) is 2.68. The third kappa shape index (κ3) is 3.64. The van der Waals surface area contributed by atoms with Crippen LogP contribution in [0.1, 0.15) is 43.0 Å². The van der Waals surface area contributed by atoms with Gasteiger partial charge in [0, 0.05) is 5.56 Å². The Morgan fingerprint density at radius 3 is 2.29 bits per heavy atom. The van der Waals surface area contributed by atoms with Gasteiger partial charge in [0.25, 0.3) is 0 Å². The molecule has 0 fully saturated rings. The number of aryl methyl sites for hydroxylation is 1. The summed E-state index contributed by atoms with van der Waals surface area (Å²) in [6.07, 6.45) is 2.05. The van der Waals surface area contributed by atoms with E-state index in [1.807, 2.05) is 13.1 Å². The minimum Gasteiger partial charge on any atom is -0.493 e. The standard InChI is InChI=1S/C19H25NO/c1-4-14-21-18-13-9-8-12-17(18)19(20-3)16-11-7-6-10-15(16)5-2/h6-13,19-20H,4-5,14H2,1-3H3. The Labute approximate surface area is 128 Å². The van der Waals surface area contributed by atoms with E-state index in [4.69, 9.17) is 4.74 Å². The lowest BCUT2D eigenvalue weighted by Gasteiger charge is -2.22. The van der Waals surface area contributed by atoms with Gasteiger partial charge in [-0.25, -0.2) is 0 Å². The Hall–Kier alpha value is -1.80. The van der Waals surface area contributed by atoms with E-state index in [9.17, 15) is 0 Å². The molecule has 0 aromatic heterocycles. The van der Waals surface area contributed by atoms with Crippen molar-refractivity contribution in [3.8, 4) is 5.75 Å². The van der Waals surface area contributed by atoms with Gasteiger partial charge in [-0.15, -0.1) is 0 Å². The van der Waals surface area contributed by atoms with Gasteiger partial charge in [-0.05, 0) is 37.1 Å². The first-order valence-electron chi connectivity index (χ1n) is 7.78. The van der Waals surface area contributed by atoms with E-state index in [1.165, 1.54) is 16.7 Å². The van der Waals surface area contributed by atoms with Gasteiger partial charge in [0.15, 0.2) is 0 Å². The van der Waals surface area contributed by atoms with Crippen LogP contribution in [0.25, 0.3) is 0 Å². The van der Waals surface area contributed by atoms with Gasteiger partial charge >= 0.3 is 0 Å². The van der Waals surface area contributed by atoms with Crippen LogP contribution in [0.3, 0.4) is 0 Å². The maximum Gasteiger partial charge on any atom is 0.124 e. The summed E-state index contributed by atoms with van der Waals surface area (Å²) in [5, 5.41) is 3.45. The molecule has 112 valence electrons. The van der Waals surface area contributed by atoms with Gasteiger partial charge in [0.05, 0.1) is 12.6 Å². The zero-order chi connectivity index (χ0) is 15.1. The number of benzene rings is 2. The van der Waals surface area contributed by atoms with Crippen LogP contribution in [-0.4, -0.2) is 13.7 Å². The summed E-state index contributed by atoms with van der Waals surface area (Å²) in [6.45, 7) is 5.08. The Morgan fingerprint density at radius 1 is 0.952 bits per heavy atom. The van der Waals surface area contributed by atoms with Gasteiger partial charge in [0.2, 0.25) is 0 Å². The molecule has 0 saturated carbocycles. The van der Waals surface area contributed by atoms with Crippen LogP contribution in [0, 0.1) is 0 Å². The molecule has 1 N–H and O–H groups in total. The second-order valence-electron chi connectivity index (χ2n) is 5.16. The van der Waals surface area contributed by atoms with E-state index >= 15 is 0 Å². The summed E-state index contributed by atoms with van der Waals surface area (Å²) in [7, 11) is 2.01. The van der Waals surface area contributed by atoms with Gasteiger partial charge in [-0.2, -0.15) is 0 Å². The normalized spacial score (nSPS) is 12.1. The van der Waals surface area contributed by atoms with Crippen molar-refractivity contribution in [2.45, 2.75) is 32.7 Å². The second kappa shape index (κ2) is 7.84. The van der Waals surface area contributed by atoms with Crippen LogP contribution < -0.4 is 10.1 Å². The Bertz CT molecular complexity index is 565. The third-order valence-electron chi connectivity index (χ3n) is 3.73. The molecule has 0 aliphatic carbocycles. The second-order valence-corrected chi connectivity index (χ2v) is 5.16. The van der Waals surface area contributed by atoms with Crippen molar-refractivity contribution in [1.82, 2.24) is 5.32 Å². The van der Waals surface area contributed by atoms with Crippen LogP contribution in [0.15, 0.2) is 48.5 Å². The molecule has 0 amide bonds. The molecule has 1 atom stereocenters. The van der Waals surface area contributed by atoms with Crippen molar-refractivity contribution in [2.24, 2.45) is 0 Å². The van der Waals surface area contributed by atoms with Gasteiger partial charge in [0.1, 0.15) is 5.75 Å². The molecule has 2 aromatic carbocycles. The Balaban J connectivity index is 2.41. The van der Waals surface area contributed by atoms with Crippen molar-refractivity contribution in [3.63, 3.8) is 0 Å². The molecular formula is C19H25NO. The molecule has 0 spiro atoms. The summed E-state index contributed by atoms with van der Waals surface area (Å²) in [4.78, 5) is 0. The Kier molecular flexibility index (Phi) is 5.82. The van der Waals surface area contributed by atoms with Gasteiger partial charge in [-0.3, -0.25) is 0 Å². The van der Waals surface area contributed by atoms with E-state index in [0.717, 1.165) is 25.2 Å². The highest BCUT2D eigenvalue weighted by Crippen LogP contribution is 2.31. The zero-order valence-corrected chi connectivity index (χ0v) is 13.2. The smallest absolute Gasteiger partial charge is 0.124 e. The van der Waals surface area contributed by atoms with Crippen molar-refractivity contribution >= 4 is 0 Å². The highest BCUT2D eigenvalue weighted by molar-refractivity contribution is 5.44. The highest BCUT2D eigenvalue weighted by atomic mass is 16.5. The molecule has 0 aliphatic heterocycles. The van der Waals surface area contributed by atoms with Gasteiger partial charge in [-0.1, -0.05) is 56.3 Å². The molecule has 2 rings (SSSR count). The molecule has 2 heteroatoms. The maximum atomic E-state index is 5.92. The molecule has 2 nitrogen and oxygen atoms in total. The van der Waals surface area contributed by atoms with E-state index in [2.05, 4.69) is 61.6 Å². The fraction of sp³-hybridized carbons (Fsp3) is 0.368. The third-order valence-corrected chi connectivity index (χ3v) is 3.73. The summed E-state index contributed by atoms with van der Waals surface area (Å²) < 4.78 is 5.92. The molecule has 0 saturated heterocycles. The number of nitrogens with one attached hydrogen (secondary N) is 1. The maximum absolute atomic E-state index is 5.92. The van der Waals surface area contributed by atoms with Crippen molar-refractivity contribution in [3.05, 3.63) is 65.2 Å². The predicted molar refractivity (Wildman–Crippen MR) is 89.0 cm³/mol. The van der Waals surface area contributed by atoms with E-state index in [0.29, 0.717) is 0 Å². The molecule has 21 heavy (non-hydrogen) atoms. The number of rotatable bonds is 7. The number of ether oxygens (including phenoxy) is 1. The quantitative estimate of drug-likeness (QED) is 0.816. The van der Waals surface area contributed by atoms with E-state index in [-0.39, 0.29) is 6.04 Å². The van der Waals surface area contributed by atoms with Crippen LogP contribution in [0.4, 0.5) is 0 Å². The van der Waals surface area contributed by atoms with Crippen molar-refractivity contribution in [1.29, 1.82) is 0 Å². The SMILES string of the molecule is CCCOc1ccccc1C(NC)c1ccccc1CC. The topological polar surface area (TPSA) is 21.3 Å². The minimum absolute atomic E-state index is 0.161. The van der Waals surface area contributed by atoms with Gasteiger partial charge < -0.3 is 10.1 Å². The van der Waals surface area contributed by atoms with E-state index in [1.54, 1.807) is 0 Å². The predicted octanol–water partition coefficient (Wildman–Crippen LogP) is 4.35. The zero-order valence-electron chi connectivity index (χ0n) is 13.2. The summed E-state index contributed by atoms with van der Waals surface area (Å²) in [5.74, 6) is 0.976. The summed E-state index contributed by atoms with van der Waals surface area (Å²) in [6, 6.07) is 17.1. The fourth-order valence-corrected chi connectivity index (χ4v) is 2.68. The first kappa shape index (κ1) is 15.6. The molecule has 1 unspecified atom stereocenters. The lowest BCUT2D eigenvalue weighted by atomic mass is 9.93. The lowest BCUT2D eigenvalue weighted by Crippen LogP contribution is -2.20. The molecule has 0 bridgehead atoms. The molecular weight excluding hydrogens is 258 g/mol. The van der Waals surface area contributed by atoms with Crippen LogP contribution >= 0.6 is 0 Å². The van der Waals surface area contributed by atoms with Crippen LogP contribution in [0.2, 0.25) is 0 Å². The number of hydrogen-bond donors (Lipinski definition) is 1. The minimum atomic E-state index is 0.161. The Morgan fingerprint density at radius 2 is 1.62 bits per heavy atom. The average molecular weight is 283 g/mol. The molecule has 0 radical (unpaired) electrons. The first-order valence-corrected chi connectivity index (χ1v) is 7.78. The van der Waals surface area contributed by atoms with Crippen molar-refractivity contribution < 1.29 is 4.74 Å². The number of para-hydroxylation sites is 1. The van der Waals surface area contributed by atoms with Crippen molar-refractivity contribution in [2.75, 3.05) is 13.7 Å². The van der Waals surface area contributed by atoms with Crippen LogP contribution in [0.5, 0.6) is 5.75 Å². The lowest BCUT2D eigenvalue weighted by molar-refractivity contribution is 0.312. The van der Waals surface area contributed by atoms with Crippen LogP contribution in [-0.2, 0) is 6.42 Å². The molecule has 0 heterocycles. The molecule has 0 aliphatic rings. The average Bonchev–Trinajstić information content (AvgIpc) is 2.55. The monoisotopic (exact) mass is 283 g/mol. The largest absolute Gasteiger partial charge is 0.493 e. The summed E-state index contributed by atoms with van der Waals surface area (Å²) >= 11 is 0. The van der Waals surface area contributed by atoms with E-state index < -0.39 is 0 Å². The highest BCUT2D eigenvalue weighted by Gasteiger charge is 2.18. The summed E-state index contributed by atoms with van der Waals surface area (Å²) in [5.41, 5.74) is 3.91.